The first-order valence-electron chi connectivity index (χ1n) is 13.9. The average Bonchev–Trinajstić information content (AvgIpc) is 3.09. The first-order valence-corrected chi connectivity index (χ1v) is 13.9. The Kier molecular flexibility index (Phi) is 7.06. The van der Waals surface area contributed by atoms with E-state index < -0.39 is 0 Å². The maximum atomic E-state index is 5.19. The van der Waals surface area contributed by atoms with Crippen molar-refractivity contribution in [3.8, 4) is 0 Å². The van der Waals surface area contributed by atoms with E-state index in [1.54, 1.807) is 6.42 Å². The highest BCUT2D eigenvalue weighted by Gasteiger charge is 2.59. The predicted molar refractivity (Wildman–Crippen MR) is 131 cm³/mol. The van der Waals surface area contributed by atoms with Gasteiger partial charge in [0, 0.05) is 18.2 Å². The van der Waals surface area contributed by atoms with E-state index in [2.05, 4.69) is 34.6 Å². The lowest BCUT2D eigenvalue weighted by Gasteiger charge is -2.60. The van der Waals surface area contributed by atoms with Crippen molar-refractivity contribution in [1.82, 2.24) is 0 Å². The molecule has 4 aliphatic rings. The lowest BCUT2D eigenvalue weighted by Crippen LogP contribution is -2.53. The normalized spacial score (nSPS) is 44.8. The topological polar surface area (TPSA) is 12.4 Å². The number of rotatable bonds is 7. The van der Waals surface area contributed by atoms with Crippen LogP contribution in [0.3, 0.4) is 0 Å². The van der Waals surface area contributed by atoms with Crippen molar-refractivity contribution in [2.24, 2.45) is 51.3 Å². The van der Waals surface area contributed by atoms with Crippen molar-refractivity contribution in [3.63, 3.8) is 0 Å². The molecule has 0 aromatic rings. The summed E-state index contributed by atoms with van der Waals surface area (Å²) in [4.78, 5) is 5.19. The van der Waals surface area contributed by atoms with Gasteiger partial charge in [-0.25, -0.2) is 0 Å². The third-order valence-corrected chi connectivity index (χ3v) is 11.1. The van der Waals surface area contributed by atoms with Crippen molar-refractivity contribution < 1.29 is 0 Å². The maximum Gasteiger partial charge on any atom is 0.0391 e. The van der Waals surface area contributed by atoms with E-state index in [0.29, 0.717) is 10.8 Å². The Bertz CT molecular complexity index is 607. The van der Waals surface area contributed by atoms with Gasteiger partial charge in [0.05, 0.1) is 0 Å². The number of hydrogen-bond acceptors (Lipinski definition) is 1. The van der Waals surface area contributed by atoms with Gasteiger partial charge in [-0.05, 0) is 105 Å². The number of unbranched alkanes of at least 4 members (excludes halogenated alkanes) is 1. The van der Waals surface area contributed by atoms with Crippen LogP contribution < -0.4 is 0 Å². The summed E-state index contributed by atoms with van der Waals surface area (Å²) >= 11 is 0. The number of nitrogens with zero attached hydrogens (tertiary/aromatic N) is 1. The molecule has 0 N–H and O–H groups in total. The molecule has 0 aromatic carbocycles. The van der Waals surface area contributed by atoms with Gasteiger partial charge in [0.2, 0.25) is 0 Å². The van der Waals surface area contributed by atoms with E-state index >= 15 is 0 Å². The van der Waals surface area contributed by atoms with Crippen molar-refractivity contribution in [1.29, 1.82) is 0 Å². The molecule has 0 aromatic heterocycles. The summed E-state index contributed by atoms with van der Waals surface area (Å²) in [5, 5.41) is 0. The molecule has 30 heavy (non-hydrogen) atoms. The van der Waals surface area contributed by atoms with E-state index in [0.717, 1.165) is 42.1 Å². The number of fused-ring (bicyclic) bond motifs is 5. The van der Waals surface area contributed by atoms with Crippen LogP contribution in [0.2, 0.25) is 0 Å². The van der Waals surface area contributed by atoms with Gasteiger partial charge in [0.1, 0.15) is 0 Å². The van der Waals surface area contributed by atoms with Gasteiger partial charge >= 0.3 is 0 Å². The van der Waals surface area contributed by atoms with Crippen molar-refractivity contribution in [2.45, 2.75) is 125 Å². The second-order valence-corrected chi connectivity index (χ2v) is 12.6. The Hall–Kier alpha value is -0.330. The van der Waals surface area contributed by atoms with Gasteiger partial charge in [-0.3, -0.25) is 4.99 Å². The second-order valence-electron chi connectivity index (χ2n) is 12.6. The molecule has 172 valence electrons. The summed E-state index contributed by atoms with van der Waals surface area (Å²) in [5.74, 6) is 5.70. The molecule has 4 saturated carbocycles. The summed E-state index contributed by atoms with van der Waals surface area (Å²) in [5.41, 5.74) is 2.73. The van der Waals surface area contributed by atoms with E-state index in [9.17, 15) is 0 Å². The zero-order valence-corrected chi connectivity index (χ0v) is 21.0. The molecule has 8 unspecified atom stereocenters. The highest BCUT2D eigenvalue weighted by Crippen LogP contribution is 2.67. The molecule has 0 aliphatic heterocycles. The van der Waals surface area contributed by atoms with Crippen LogP contribution >= 0.6 is 0 Å². The fraction of sp³-hybridized carbons (Fsp3) is 0.966. The lowest BCUT2D eigenvalue weighted by atomic mass is 9.45. The molecule has 0 bridgehead atoms. The van der Waals surface area contributed by atoms with Gasteiger partial charge in [0.15, 0.2) is 0 Å². The summed E-state index contributed by atoms with van der Waals surface area (Å²) in [6.45, 7) is 13.6. The van der Waals surface area contributed by atoms with Gasteiger partial charge in [0.25, 0.3) is 0 Å². The molecule has 0 heterocycles. The van der Waals surface area contributed by atoms with Gasteiger partial charge in [-0.2, -0.15) is 0 Å². The van der Waals surface area contributed by atoms with E-state index in [1.807, 2.05) is 0 Å². The third kappa shape index (κ3) is 4.05. The smallest absolute Gasteiger partial charge is 0.0391 e. The highest BCUT2D eigenvalue weighted by atomic mass is 14.8. The molecule has 8 atom stereocenters. The molecule has 4 aliphatic carbocycles. The van der Waals surface area contributed by atoms with Crippen LogP contribution in [0.1, 0.15) is 125 Å². The van der Waals surface area contributed by atoms with Gasteiger partial charge < -0.3 is 0 Å². The first-order chi connectivity index (χ1) is 14.4. The van der Waals surface area contributed by atoms with Crippen molar-refractivity contribution in [3.05, 3.63) is 0 Å². The van der Waals surface area contributed by atoms with Crippen LogP contribution in [0, 0.1) is 46.3 Å². The highest BCUT2D eigenvalue weighted by molar-refractivity contribution is 5.85. The zero-order valence-electron chi connectivity index (χ0n) is 21.0. The fourth-order valence-electron chi connectivity index (χ4n) is 9.25. The van der Waals surface area contributed by atoms with E-state index in [1.165, 1.54) is 89.2 Å². The molecule has 0 radical (unpaired) electrons. The summed E-state index contributed by atoms with van der Waals surface area (Å²) in [6.07, 6.45) is 20.4. The molecular weight excluding hydrogens is 362 g/mol. The van der Waals surface area contributed by atoms with Crippen LogP contribution in [0.5, 0.6) is 0 Å². The Labute approximate surface area is 188 Å². The van der Waals surface area contributed by atoms with E-state index in [4.69, 9.17) is 4.99 Å². The van der Waals surface area contributed by atoms with Crippen LogP contribution in [0.4, 0.5) is 0 Å². The largest absolute Gasteiger partial charge is 0.294 e. The summed E-state index contributed by atoms with van der Waals surface area (Å²) < 4.78 is 0. The average molecular weight is 414 g/mol. The van der Waals surface area contributed by atoms with Gasteiger partial charge in [-0.15, -0.1) is 0 Å². The van der Waals surface area contributed by atoms with Crippen LogP contribution in [0.25, 0.3) is 0 Å². The maximum absolute atomic E-state index is 5.19. The third-order valence-electron chi connectivity index (χ3n) is 11.1. The molecule has 1 heteroatoms. The van der Waals surface area contributed by atoms with Crippen LogP contribution in [0.15, 0.2) is 4.99 Å². The SMILES string of the molecule is CCCCC(C)CCN=C(C)C1CCC2C3CCC4CCCCC4(C)C3CCC12C. The van der Waals surface area contributed by atoms with Crippen LogP contribution in [-0.2, 0) is 0 Å². The number of aliphatic imine (C=N–C) groups is 1. The standard InChI is InChI=1S/C29H51N/c1-6-7-10-21(2)17-20-30-22(3)25-14-15-26-24-13-12-23-11-8-9-18-28(23,4)27(24)16-19-29(25,26)5/h21,23-27H,6-20H2,1-5H3. The molecule has 0 amide bonds. The minimum Gasteiger partial charge on any atom is -0.294 e. The number of hydrogen-bond donors (Lipinski definition) is 0. The van der Waals surface area contributed by atoms with Crippen molar-refractivity contribution in [2.75, 3.05) is 6.54 Å². The van der Waals surface area contributed by atoms with E-state index in [-0.39, 0.29) is 0 Å². The van der Waals surface area contributed by atoms with Crippen LogP contribution in [-0.4, -0.2) is 12.3 Å². The predicted octanol–water partition coefficient (Wildman–Crippen LogP) is 8.71. The van der Waals surface area contributed by atoms with Crippen molar-refractivity contribution >= 4 is 5.71 Å². The molecule has 4 rings (SSSR count). The molecule has 0 saturated heterocycles. The molecular formula is C29H51N. The monoisotopic (exact) mass is 413 g/mol. The Morgan fingerprint density at radius 2 is 1.70 bits per heavy atom. The van der Waals surface area contributed by atoms with Gasteiger partial charge in [-0.1, -0.05) is 59.8 Å². The minimum atomic E-state index is 0.542. The second kappa shape index (κ2) is 9.27. The molecule has 4 fully saturated rings. The zero-order chi connectivity index (χ0) is 21.4. The summed E-state index contributed by atoms with van der Waals surface area (Å²) in [7, 11) is 0. The summed E-state index contributed by atoms with van der Waals surface area (Å²) in [6, 6.07) is 0. The molecule has 1 nitrogen and oxygen atoms in total. The Morgan fingerprint density at radius 1 is 0.900 bits per heavy atom. The fourth-order valence-corrected chi connectivity index (χ4v) is 9.25. The Morgan fingerprint density at radius 3 is 2.50 bits per heavy atom. The quantitative estimate of drug-likeness (QED) is 0.370. The Balaban J connectivity index is 1.41. The minimum absolute atomic E-state index is 0.542. The lowest BCUT2D eigenvalue weighted by molar-refractivity contribution is -0.106. The first kappa shape index (κ1) is 22.8. The molecule has 0 spiro atoms.